The summed E-state index contributed by atoms with van der Waals surface area (Å²) in [4.78, 5) is 4.96. The van der Waals surface area contributed by atoms with Gasteiger partial charge in [-0.2, -0.15) is 0 Å². The molecule has 2 aliphatic rings. The summed E-state index contributed by atoms with van der Waals surface area (Å²) in [6, 6.07) is 31.5. The molecule has 3 aromatic rings. The Labute approximate surface area is 164 Å². The SMILES string of the molecule is C(=Cc1c2nc3ccccc3c-2ccn1Cc1ccccc1)c1ccccc1. The first-order chi connectivity index (χ1) is 13.9. The van der Waals surface area contributed by atoms with Crippen molar-refractivity contribution in [2.45, 2.75) is 6.54 Å². The summed E-state index contributed by atoms with van der Waals surface area (Å²) in [5, 5.41) is 1.21. The molecule has 2 heteroatoms. The van der Waals surface area contributed by atoms with Crippen molar-refractivity contribution in [1.82, 2.24) is 9.55 Å². The molecule has 28 heavy (non-hydrogen) atoms. The van der Waals surface area contributed by atoms with Crippen molar-refractivity contribution in [3.05, 3.63) is 114 Å². The van der Waals surface area contributed by atoms with Crippen LogP contribution in [0.4, 0.5) is 0 Å². The lowest BCUT2D eigenvalue weighted by molar-refractivity contribution is 0.781. The Balaban J connectivity index is 1.67. The maximum Gasteiger partial charge on any atom is 0.0953 e. The molecule has 2 heterocycles. The van der Waals surface area contributed by atoms with Crippen LogP contribution in [0.2, 0.25) is 0 Å². The maximum atomic E-state index is 4.96. The summed E-state index contributed by atoms with van der Waals surface area (Å²) in [5.74, 6) is 0. The first-order valence-electron chi connectivity index (χ1n) is 9.53. The van der Waals surface area contributed by atoms with Gasteiger partial charge in [-0.15, -0.1) is 0 Å². The largest absolute Gasteiger partial charge is 0.342 e. The molecule has 0 aromatic heterocycles. The summed E-state index contributed by atoms with van der Waals surface area (Å²) in [6.45, 7) is 0.814. The molecule has 0 saturated heterocycles. The maximum absolute atomic E-state index is 4.96. The molecule has 0 bridgehead atoms. The molecule has 134 valence electrons. The molecular formula is C26H20N2. The summed E-state index contributed by atoms with van der Waals surface area (Å²) < 4.78 is 2.28. The van der Waals surface area contributed by atoms with Gasteiger partial charge in [-0.1, -0.05) is 84.9 Å². The topological polar surface area (TPSA) is 17.8 Å². The predicted molar refractivity (Wildman–Crippen MR) is 117 cm³/mol. The van der Waals surface area contributed by atoms with Gasteiger partial charge in [0.15, 0.2) is 0 Å². The van der Waals surface area contributed by atoms with Crippen LogP contribution in [0.1, 0.15) is 16.8 Å². The summed E-state index contributed by atoms with van der Waals surface area (Å²) in [6.07, 6.45) is 6.52. The first kappa shape index (κ1) is 16.5. The van der Waals surface area contributed by atoms with Crippen LogP contribution in [0.25, 0.3) is 34.3 Å². The van der Waals surface area contributed by atoms with E-state index in [2.05, 4.69) is 102 Å². The third-order valence-corrected chi connectivity index (χ3v) is 5.08. The second-order valence-corrected chi connectivity index (χ2v) is 6.95. The number of hydrogen-bond acceptors (Lipinski definition) is 1. The van der Waals surface area contributed by atoms with Gasteiger partial charge < -0.3 is 4.57 Å². The number of hydrogen-bond donors (Lipinski definition) is 0. The minimum absolute atomic E-state index is 0.814. The molecule has 2 nitrogen and oxygen atoms in total. The number of pyridine rings is 1. The summed E-state index contributed by atoms with van der Waals surface area (Å²) in [7, 11) is 0. The number of aromatic nitrogens is 2. The van der Waals surface area contributed by atoms with Crippen LogP contribution in [-0.2, 0) is 6.54 Å². The van der Waals surface area contributed by atoms with E-state index in [0.717, 1.165) is 23.4 Å². The molecule has 2 aliphatic heterocycles. The first-order valence-corrected chi connectivity index (χ1v) is 9.53. The van der Waals surface area contributed by atoms with Gasteiger partial charge in [-0.05, 0) is 29.3 Å². The van der Waals surface area contributed by atoms with E-state index < -0.39 is 0 Å². The Kier molecular flexibility index (Phi) is 4.23. The van der Waals surface area contributed by atoms with Crippen molar-refractivity contribution in [2.24, 2.45) is 0 Å². The van der Waals surface area contributed by atoms with Crippen LogP contribution in [0.15, 0.2) is 97.2 Å². The minimum Gasteiger partial charge on any atom is -0.342 e. The monoisotopic (exact) mass is 360 g/mol. The highest BCUT2D eigenvalue weighted by molar-refractivity contribution is 5.99. The number of rotatable bonds is 4. The molecule has 0 saturated carbocycles. The Morgan fingerprint density at radius 3 is 2.25 bits per heavy atom. The average molecular weight is 360 g/mol. The van der Waals surface area contributed by atoms with E-state index >= 15 is 0 Å². The van der Waals surface area contributed by atoms with Crippen LogP contribution < -0.4 is 0 Å². The Hall–Kier alpha value is -3.65. The molecule has 0 N–H and O–H groups in total. The van der Waals surface area contributed by atoms with Crippen molar-refractivity contribution >= 4 is 23.1 Å². The fraction of sp³-hybridized carbons (Fsp3) is 0.0385. The lowest BCUT2D eigenvalue weighted by atomic mass is 10.1. The zero-order chi connectivity index (χ0) is 18.8. The van der Waals surface area contributed by atoms with Gasteiger partial charge in [0.05, 0.1) is 16.9 Å². The summed E-state index contributed by atoms with van der Waals surface area (Å²) >= 11 is 0. The molecule has 5 rings (SSSR count). The van der Waals surface area contributed by atoms with Gasteiger partial charge >= 0.3 is 0 Å². The van der Waals surface area contributed by atoms with E-state index in [4.69, 9.17) is 4.98 Å². The van der Waals surface area contributed by atoms with Crippen LogP contribution in [0, 0.1) is 0 Å². The van der Waals surface area contributed by atoms with E-state index in [1.54, 1.807) is 0 Å². The van der Waals surface area contributed by atoms with Crippen molar-refractivity contribution in [2.75, 3.05) is 0 Å². The van der Waals surface area contributed by atoms with E-state index in [1.807, 2.05) is 12.1 Å². The van der Waals surface area contributed by atoms with Gasteiger partial charge in [0.2, 0.25) is 0 Å². The van der Waals surface area contributed by atoms with Gasteiger partial charge in [0.25, 0.3) is 0 Å². The number of para-hydroxylation sites is 1. The van der Waals surface area contributed by atoms with Crippen molar-refractivity contribution < 1.29 is 0 Å². The van der Waals surface area contributed by atoms with Gasteiger partial charge in [0.1, 0.15) is 0 Å². The van der Waals surface area contributed by atoms with Crippen molar-refractivity contribution in [1.29, 1.82) is 0 Å². The zero-order valence-electron chi connectivity index (χ0n) is 15.5. The second-order valence-electron chi connectivity index (χ2n) is 6.95. The average Bonchev–Trinajstić information content (AvgIpc) is 3.13. The second kappa shape index (κ2) is 7.16. The number of nitrogens with zero attached hydrogens (tertiary/aromatic N) is 2. The molecule has 0 unspecified atom stereocenters. The molecule has 0 aliphatic carbocycles. The third kappa shape index (κ3) is 3.10. The van der Waals surface area contributed by atoms with Crippen LogP contribution in [-0.4, -0.2) is 9.55 Å². The smallest absolute Gasteiger partial charge is 0.0953 e. The lowest BCUT2D eigenvalue weighted by Gasteiger charge is -2.15. The quantitative estimate of drug-likeness (QED) is 0.365. The highest BCUT2D eigenvalue weighted by Gasteiger charge is 2.16. The lowest BCUT2D eigenvalue weighted by Crippen LogP contribution is -2.06. The fourth-order valence-corrected chi connectivity index (χ4v) is 3.68. The van der Waals surface area contributed by atoms with Crippen molar-refractivity contribution in [3.63, 3.8) is 0 Å². The van der Waals surface area contributed by atoms with E-state index in [0.29, 0.717) is 0 Å². The Bertz CT molecular complexity index is 1220. The van der Waals surface area contributed by atoms with Crippen LogP contribution >= 0.6 is 0 Å². The van der Waals surface area contributed by atoms with Gasteiger partial charge in [-0.25, -0.2) is 4.98 Å². The fourth-order valence-electron chi connectivity index (χ4n) is 3.68. The normalized spacial score (nSPS) is 11.6. The molecule has 0 amide bonds. The molecular weight excluding hydrogens is 340 g/mol. The summed E-state index contributed by atoms with van der Waals surface area (Å²) in [5.41, 5.74) is 6.88. The number of fused-ring (bicyclic) bond motifs is 3. The standard InChI is InChI=1S/C26H20N2/c1-3-9-20(10-4-1)15-16-25-26-23(22-13-7-8-14-24(22)27-26)17-18-28(25)19-21-11-5-2-6-12-21/h1-18H,19H2. The molecule has 0 radical (unpaired) electrons. The van der Waals surface area contributed by atoms with E-state index in [9.17, 15) is 0 Å². The Morgan fingerprint density at radius 1 is 0.714 bits per heavy atom. The molecule has 0 fully saturated rings. The van der Waals surface area contributed by atoms with Gasteiger partial charge in [-0.3, -0.25) is 0 Å². The van der Waals surface area contributed by atoms with E-state index in [-0.39, 0.29) is 0 Å². The van der Waals surface area contributed by atoms with E-state index in [1.165, 1.54) is 22.1 Å². The Morgan fingerprint density at radius 2 is 1.43 bits per heavy atom. The minimum atomic E-state index is 0.814. The molecule has 3 aromatic carbocycles. The number of benzene rings is 3. The van der Waals surface area contributed by atoms with Crippen LogP contribution in [0.5, 0.6) is 0 Å². The molecule has 0 atom stereocenters. The third-order valence-electron chi connectivity index (χ3n) is 5.08. The highest BCUT2D eigenvalue weighted by atomic mass is 15.0. The van der Waals surface area contributed by atoms with Crippen molar-refractivity contribution in [3.8, 4) is 11.3 Å². The molecule has 0 spiro atoms. The van der Waals surface area contributed by atoms with Gasteiger partial charge in [0, 0.05) is 23.7 Å². The highest BCUT2D eigenvalue weighted by Crippen LogP contribution is 2.34. The zero-order valence-corrected chi connectivity index (χ0v) is 15.5. The predicted octanol–water partition coefficient (Wildman–Crippen LogP) is 6.36. The van der Waals surface area contributed by atoms with Crippen LogP contribution in [0.3, 0.4) is 0 Å².